The highest BCUT2D eigenvalue weighted by Gasteiger charge is 2.34. The molecule has 0 radical (unpaired) electrons. The van der Waals surface area contributed by atoms with Crippen molar-refractivity contribution in [2.24, 2.45) is 0 Å². The van der Waals surface area contributed by atoms with Crippen molar-refractivity contribution in [2.45, 2.75) is 18.8 Å². The number of esters is 1. The second-order valence-electron chi connectivity index (χ2n) is 4.68. The van der Waals surface area contributed by atoms with E-state index in [1.54, 1.807) is 35.7 Å². The van der Waals surface area contributed by atoms with Gasteiger partial charge in [-0.3, -0.25) is 4.79 Å². The Morgan fingerprint density at radius 3 is 3.00 bits per heavy atom. The van der Waals surface area contributed by atoms with Gasteiger partial charge in [0.1, 0.15) is 6.04 Å². The highest BCUT2D eigenvalue weighted by atomic mass is 35.5. The van der Waals surface area contributed by atoms with Crippen LogP contribution in [-0.4, -0.2) is 47.5 Å². The normalized spacial score (nSPS) is 18.4. The maximum Gasteiger partial charge on any atom is 0.329 e. The van der Waals surface area contributed by atoms with Gasteiger partial charge in [-0.15, -0.1) is 11.6 Å². The van der Waals surface area contributed by atoms with E-state index in [2.05, 4.69) is 0 Å². The number of carbonyl (C=O) groups excluding carboxylic acids is 2. The Bertz CT molecular complexity index is 523. The van der Waals surface area contributed by atoms with Crippen LogP contribution in [0.25, 0.3) is 0 Å². The summed E-state index contributed by atoms with van der Waals surface area (Å²) in [5.74, 6) is 1.31. The van der Waals surface area contributed by atoms with E-state index < -0.39 is 6.04 Å². The molecule has 1 fully saturated rings. The van der Waals surface area contributed by atoms with Crippen LogP contribution in [0.2, 0.25) is 0 Å². The van der Waals surface area contributed by atoms with Crippen LogP contribution in [0.4, 0.5) is 0 Å². The summed E-state index contributed by atoms with van der Waals surface area (Å²) >= 11 is 7.47. The number of ether oxygens (including phenoxy) is 1. The second-order valence-corrected chi connectivity index (χ2v) is 6.09. The number of halogens is 1. The highest BCUT2D eigenvalue weighted by molar-refractivity contribution is 7.99. The number of hydrogen-bond acceptors (Lipinski definition) is 4. The van der Waals surface area contributed by atoms with Crippen LogP contribution in [-0.2, 0) is 15.4 Å². The standard InChI is InChI=1S/C15H18ClNO3S/c1-2-20-15(19)13-10-21-7-6-17(13)14(18)12-5-3-4-11(8-12)9-16/h3-5,8,13H,2,6-7,9-10H2,1H3. The maximum absolute atomic E-state index is 12.7. The molecule has 0 saturated carbocycles. The van der Waals surface area contributed by atoms with Crippen LogP contribution in [0, 0.1) is 0 Å². The van der Waals surface area contributed by atoms with Crippen LogP contribution in [0.5, 0.6) is 0 Å². The third-order valence-electron chi connectivity index (χ3n) is 3.28. The van der Waals surface area contributed by atoms with Gasteiger partial charge in [-0.1, -0.05) is 12.1 Å². The molecule has 1 unspecified atom stereocenters. The summed E-state index contributed by atoms with van der Waals surface area (Å²) in [6.45, 7) is 2.64. The van der Waals surface area contributed by atoms with Crippen LogP contribution < -0.4 is 0 Å². The van der Waals surface area contributed by atoms with E-state index in [4.69, 9.17) is 16.3 Å². The summed E-state index contributed by atoms with van der Waals surface area (Å²) < 4.78 is 5.08. The largest absolute Gasteiger partial charge is 0.464 e. The minimum Gasteiger partial charge on any atom is -0.464 e. The van der Waals surface area contributed by atoms with Crippen molar-refractivity contribution in [2.75, 3.05) is 24.7 Å². The molecule has 0 bridgehead atoms. The third kappa shape index (κ3) is 3.92. The molecular weight excluding hydrogens is 310 g/mol. The molecule has 0 aromatic heterocycles. The summed E-state index contributed by atoms with van der Waals surface area (Å²) in [4.78, 5) is 26.3. The van der Waals surface area contributed by atoms with Gasteiger partial charge in [0.15, 0.2) is 0 Å². The lowest BCUT2D eigenvalue weighted by Gasteiger charge is -2.33. The molecule has 1 amide bonds. The van der Waals surface area contributed by atoms with E-state index in [1.807, 2.05) is 12.1 Å². The first kappa shape index (κ1) is 16.2. The van der Waals surface area contributed by atoms with Gasteiger partial charge in [0.25, 0.3) is 5.91 Å². The number of carbonyl (C=O) groups is 2. The van der Waals surface area contributed by atoms with E-state index in [0.29, 0.717) is 30.3 Å². The van der Waals surface area contributed by atoms with Crippen molar-refractivity contribution in [1.82, 2.24) is 4.90 Å². The average molecular weight is 328 g/mol. The minimum absolute atomic E-state index is 0.139. The van der Waals surface area contributed by atoms with Crippen molar-refractivity contribution in [3.8, 4) is 0 Å². The van der Waals surface area contributed by atoms with Gasteiger partial charge < -0.3 is 9.64 Å². The molecular formula is C15H18ClNO3S. The lowest BCUT2D eigenvalue weighted by molar-refractivity contribution is -0.147. The first-order valence-corrected chi connectivity index (χ1v) is 8.56. The Balaban J connectivity index is 2.19. The number of amides is 1. The zero-order chi connectivity index (χ0) is 15.2. The van der Waals surface area contributed by atoms with Crippen LogP contribution in [0.1, 0.15) is 22.8 Å². The third-order valence-corrected chi connectivity index (χ3v) is 4.61. The fourth-order valence-electron chi connectivity index (χ4n) is 2.23. The Morgan fingerprint density at radius 2 is 2.29 bits per heavy atom. The molecule has 21 heavy (non-hydrogen) atoms. The van der Waals surface area contributed by atoms with Crippen molar-refractivity contribution in [3.05, 3.63) is 35.4 Å². The van der Waals surface area contributed by atoms with Crippen molar-refractivity contribution in [3.63, 3.8) is 0 Å². The molecule has 1 atom stereocenters. The molecule has 0 N–H and O–H groups in total. The summed E-state index contributed by atoms with van der Waals surface area (Å²) in [7, 11) is 0. The molecule has 0 aliphatic carbocycles. The molecule has 114 valence electrons. The smallest absolute Gasteiger partial charge is 0.329 e. The van der Waals surface area contributed by atoms with Gasteiger partial charge in [0.05, 0.1) is 6.61 Å². The quantitative estimate of drug-likeness (QED) is 0.630. The minimum atomic E-state index is -0.504. The Hall–Kier alpha value is -1.20. The molecule has 1 aliphatic heterocycles. The van der Waals surface area contributed by atoms with Crippen LogP contribution in [0.3, 0.4) is 0 Å². The first-order chi connectivity index (χ1) is 10.2. The predicted molar refractivity (Wildman–Crippen MR) is 84.8 cm³/mol. The summed E-state index contributed by atoms with van der Waals surface area (Å²) in [5, 5.41) is 0. The lowest BCUT2D eigenvalue weighted by atomic mass is 10.1. The Kier molecular flexibility index (Phi) is 5.94. The average Bonchev–Trinajstić information content (AvgIpc) is 2.54. The van der Waals surface area contributed by atoms with Crippen molar-refractivity contribution in [1.29, 1.82) is 0 Å². The van der Waals surface area contributed by atoms with Crippen molar-refractivity contribution >= 4 is 35.2 Å². The van der Waals surface area contributed by atoms with E-state index in [-0.39, 0.29) is 11.9 Å². The van der Waals surface area contributed by atoms with E-state index >= 15 is 0 Å². The number of rotatable bonds is 4. The molecule has 1 aliphatic rings. The zero-order valence-electron chi connectivity index (χ0n) is 11.9. The zero-order valence-corrected chi connectivity index (χ0v) is 13.5. The van der Waals surface area contributed by atoms with Crippen molar-refractivity contribution < 1.29 is 14.3 Å². The summed E-state index contributed by atoms with van der Waals surface area (Å²) in [6.07, 6.45) is 0. The fourth-order valence-corrected chi connectivity index (χ4v) is 3.43. The topological polar surface area (TPSA) is 46.6 Å². The van der Waals surface area contributed by atoms with Gasteiger partial charge in [-0.2, -0.15) is 11.8 Å². The van der Waals surface area contributed by atoms with Gasteiger partial charge in [-0.05, 0) is 24.6 Å². The monoisotopic (exact) mass is 327 g/mol. The second kappa shape index (κ2) is 7.71. The summed E-state index contributed by atoms with van der Waals surface area (Å²) in [6, 6.07) is 6.71. The molecule has 0 spiro atoms. The predicted octanol–water partition coefficient (Wildman–Crippen LogP) is 2.55. The Labute approximate surface area is 133 Å². The fraction of sp³-hybridized carbons (Fsp3) is 0.467. The number of alkyl halides is 1. The van der Waals surface area contributed by atoms with Gasteiger partial charge >= 0.3 is 5.97 Å². The molecule has 4 nitrogen and oxygen atoms in total. The number of benzene rings is 1. The van der Waals surface area contributed by atoms with Gasteiger partial charge in [0, 0.05) is 29.5 Å². The van der Waals surface area contributed by atoms with Crippen LogP contribution in [0.15, 0.2) is 24.3 Å². The van der Waals surface area contributed by atoms with Gasteiger partial charge in [0.2, 0.25) is 0 Å². The first-order valence-electron chi connectivity index (χ1n) is 6.87. The molecule has 6 heteroatoms. The SMILES string of the molecule is CCOC(=O)C1CSCCN1C(=O)c1cccc(CCl)c1. The molecule has 1 heterocycles. The Morgan fingerprint density at radius 1 is 1.48 bits per heavy atom. The summed E-state index contributed by atoms with van der Waals surface area (Å²) in [5.41, 5.74) is 1.45. The van der Waals surface area contributed by atoms with E-state index in [9.17, 15) is 9.59 Å². The number of thioether (sulfide) groups is 1. The van der Waals surface area contributed by atoms with E-state index in [1.165, 1.54) is 0 Å². The number of hydrogen-bond donors (Lipinski definition) is 0. The molecule has 2 rings (SSSR count). The number of nitrogens with zero attached hydrogens (tertiary/aromatic N) is 1. The van der Waals surface area contributed by atoms with Crippen LogP contribution >= 0.6 is 23.4 Å². The highest BCUT2D eigenvalue weighted by Crippen LogP contribution is 2.21. The maximum atomic E-state index is 12.7. The molecule has 1 aromatic carbocycles. The molecule has 1 aromatic rings. The van der Waals surface area contributed by atoms with E-state index in [0.717, 1.165) is 11.3 Å². The molecule has 1 saturated heterocycles. The van der Waals surface area contributed by atoms with Gasteiger partial charge in [-0.25, -0.2) is 4.79 Å². The lowest BCUT2D eigenvalue weighted by Crippen LogP contribution is -2.51.